The second-order valence-electron chi connectivity index (χ2n) is 8.34. The van der Waals surface area contributed by atoms with E-state index in [0.717, 1.165) is 46.5 Å². The van der Waals surface area contributed by atoms with Crippen LogP contribution < -0.4 is 9.80 Å². The van der Waals surface area contributed by atoms with Crippen molar-refractivity contribution in [1.29, 1.82) is 0 Å². The predicted octanol–water partition coefficient (Wildman–Crippen LogP) is 5.07. The van der Waals surface area contributed by atoms with E-state index in [1.807, 2.05) is 50.2 Å². The quantitative estimate of drug-likeness (QED) is 0.516. The van der Waals surface area contributed by atoms with Crippen molar-refractivity contribution < 1.29 is 19.5 Å². The van der Waals surface area contributed by atoms with Crippen LogP contribution in [0.3, 0.4) is 0 Å². The van der Waals surface area contributed by atoms with E-state index in [2.05, 4.69) is 13.8 Å². The summed E-state index contributed by atoms with van der Waals surface area (Å²) in [6.45, 7) is 10.1. The third-order valence-corrected chi connectivity index (χ3v) is 5.95. The zero-order chi connectivity index (χ0) is 24.5. The molecule has 6 nitrogen and oxygen atoms in total. The van der Waals surface area contributed by atoms with Crippen LogP contribution >= 0.6 is 0 Å². The molecule has 6 heteroatoms. The maximum absolute atomic E-state index is 13.5. The lowest BCUT2D eigenvalue weighted by Crippen LogP contribution is -2.38. The molecule has 0 radical (unpaired) electrons. The number of carbonyl (C=O) groups is 3. The molecule has 0 heterocycles. The highest BCUT2D eigenvalue weighted by atomic mass is 16.4. The van der Waals surface area contributed by atoms with E-state index >= 15 is 0 Å². The number of carboxylic acids is 1. The molecule has 2 amide bonds. The molecule has 0 saturated carbocycles. The van der Waals surface area contributed by atoms with Gasteiger partial charge in [-0.25, -0.2) is 0 Å². The zero-order valence-electron chi connectivity index (χ0n) is 20.5. The van der Waals surface area contributed by atoms with Crippen LogP contribution in [0.1, 0.15) is 62.3 Å². The van der Waals surface area contributed by atoms with Crippen LogP contribution in [-0.2, 0) is 27.2 Å². The molecule has 178 valence electrons. The number of anilines is 2. The molecule has 0 aromatic heterocycles. The lowest BCUT2D eigenvalue weighted by molar-refractivity contribution is -0.137. The zero-order valence-corrected chi connectivity index (χ0v) is 20.5. The minimum absolute atomic E-state index is 0.00149. The molecule has 0 saturated heterocycles. The van der Waals surface area contributed by atoms with Gasteiger partial charge in [0.1, 0.15) is 0 Å². The fraction of sp³-hybridized carbons (Fsp3) is 0.444. The first-order valence-electron chi connectivity index (χ1n) is 11.7. The molecule has 0 spiro atoms. The number of carboxylic acid groups (broad SMARTS) is 1. The van der Waals surface area contributed by atoms with Gasteiger partial charge in [-0.1, -0.05) is 50.2 Å². The summed E-state index contributed by atoms with van der Waals surface area (Å²) in [5, 5.41) is 9.10. The Morgan fingerprint density at radius 1 is 0.788 bits per heavy atom. The third kappa shape index (κ3) is 6.67. The fourth-order valence-electron chi connectivity index (χ4n) is 4.31. The maximum atomic E-state index is 13.5. The average Bonchev–Trinajstić information content (AvgIpc) is 2.77. The molecule has 0 aliphatic carbocycles. The molecule has 0 fully saturated rings. The summed E-state index contributed by atoms with van der Waals surface area (Å²) in [6.07, 6.45) is 2.07. The summed E-state index contributed by atoms with van der Waals surface area (Å²) >= 11 is 0. The van der Waals surface area contributed by atoms with Gasteiger partial charge >= 0.3 is 5.97 Å². The number of aryl methyl sites for hydroxylation is 4. The number of amides is 2. The van der Waals surface area contributed by atoms with E-state index in [4.69, 9.17) is 5.11 Å². The van der Waals surface area contributed by atoms with Crippen LogP contribution in [0.25, 0.3) is 0 Å². The Kier molecular flexibility index (Phi) is 9.64. The first-order chi connectivity index (χ1) is 15.7. The molecular formula is C27H36N2O4. The Morgan fingerprint density at radius 3 is 1.82 bits per heavy atom. The van der Waals surface area contributed by atoms with E-state index in [-0.39, 0.29) is 31.2 Å². The van der Waals surface area contributed by atoms with Gasteiger partial charge in [0.2, 0.25) is 11.8 Å². The highest BCUT2D eigenvalue weighted by Crippen LogP contribution is 2.29. The summed E-state index contributed by atoms with van der Waals surface area (Å²) in [7, 11) is 0. The molecule has 0 atom stereocenters. The summed E-state index contributed by atoms with van der Waals surface area (Å²) in [6, 6.07) is 11.9. The van der Waals surface area contributed by atoms with Crippen LogP contribution in [0.15, 0.2) is 36.4 Å². The van der Waals surface area contributed by atoms with E-state index in [1.165, 1.54) is 6.92 Å². The van der Waals surface area contributed by atoms with Crippen LogP contribution in [0.5, 0.6) is 0 Å². The Labute approximate surface area is 197 Å². The molecular weight excluding hydrogens is 416 g/mol. The van der Waals surface area contributed by atoms with Crippen LogP contribution in [0, 0.1) is 13.8 Å². The largest absolute Gasteiger partial charge is 0.481 e. The van der Waals surface area contributed by atoms with Gasteiger partial charge in [0.25, 0.3) is 0 Å². The molecule has 2 rings (SSSR count). The van der Waals surface area contributed by atoms with E-state index < -0.39 is 5.97 Å². The van der Waals surface area contributed by atoms with Gasteiger partial charge < -0.3 is 14.9 Å². The molecule has 2 aromatic carbocycles. The first kappa shape index (κ1) is 26.1. The van der Waals surface area contributed by atoms with Crippen LogP contribution in [0.2, 0.25) is 0 Å². The van der Waals surface area contributed by atoms with Crippen molar-refractivity contribution in [3.8, 4) is 0 Å². The molecule has 1 N–H and O–H groups in total. The SMILES string of the molecule is CCc1cccc(CC)c1N(CCCC(=O)O)C(=O)CCN(C(C)=O)c1c(C)cccc1C. The number of para-hydroxylation sites is 2. The van der Waals surface area contributed by atoms with E-state index in [9.17, 15) is 14.4 Å². The predicted molar refractivity (Wildman–Crippen MR) is 133 cm³/mol. The second kappa shape index (κ2) is 12.2. The van der Waals surface area contributed by atoms with E-state index in [1.54, 1.807) is 9.80 Å². The normalized spacial score (nSPS) is 10.7. The Hall–Kier alpha value is -3.15. The Morgan fingerprint density at radius 2 is 1.33 bits per heavy atom. The fourth-order valence-corrected chi connectivity index (χ4v) is 4.31. The monoisotopic (exact) mass is 452 g/mol. The topological polar surface area (TPSA) is 77.9 Å². The number of rotatable bonds is 11. The first-order valence-corrected chi connectivity index (χ1v) is 11.7. The number of hydrogen-bond acceptors (Lipinski definition) is 3. The van der Waals surface area contributed by atoms with Gasteiger partial charge in [0, 0.05) is 44.2 Å². The summed E-state index contributed by atoms with van der Waals surface area (Å²) in [4.78, 5) is 40.5. The molecule has 0 unspecified atom stereocenters. The number of carbonyl (C=O) groups excluding carboxylic acids is 2. The van der Waals surface area contributed by atoms with Crippen molar-refractivity contribution in [2.75, 3.05) is 22.9 Å². The van der Waals surface area contributed by atoms with Crippen molar-refractivity contribution >= 4 is 29.2 Å². The minimum Gasteiger partial charge on any atom is -0.481 e. The summed E-state index contributed by atoms with van der Waals surface area (Å²) in [5.41, 5.74) is 5.84. The van der Waals surface area contributed by atoms with Gasteiger partial charge in [0.05, 0.1) is 0 Å². The van der Waals surface area contributed by atoms with Crippen molar-refractivity contribution in [3.63, 3.8) is 0 Å². The lowest BCUT2D eigenvalue weighted by Gasteiger charge is -2.30. The Balaban J connectivity index is 2.35. The van der Waals surface area contributed by atoms with Gasteiger partial charge in [-0.15, -0.1) is 0 Å². The number of nitrogens with zero attached hydrogens (tertiary/aromatic N) is 2. The standard InChI is InChI=1S/C27H36N2O4/c1-6-22-13-9-14-23(7-2)27(22)29(17-10-15-25(32)33)24(31)16-18-28(21(5)30)26-19(3)11-8-12-20(26)4/h8-9,11-14H,6-7,10,15-18H2,1-5H3,(H,32,33). The number of benzene rings is 2. The summed E-state index contributed by atoms with van der Waals surface area (Å²) < 4.78 is 0. The number of aliphatic carboxylic acids is 1. The Bertz CT molecular complexity index is 957. The maximum Gasteiger partial charge on any atom is 0.303 e. The second-order valence-corrected chi connectivity index (χ2v) is 8.34. The van der Waals surface area contributed by atoms with Gasteiger partial charge in [0.15, 0.2) is 0 Å². The third-order valence-electron chi connectivity index (χ3n) is 5.95. The highest BCUT2D eigenvalue weighted by Gasteiger charge is 2.23. The van der Waals surface area contributed by atoms with E-state index in [0.29, 0.717) is 13.0 Å². The van der Waals surface area contributed by atoms with Crippen LogP contribution in [0.4, 0.5) is 11.4 Å². The van der Waals surface area contributed by atoms with Crippen molar-refractivity contribution in [3.05, 3.63) is 58.7 Å². The lowest BCUT2D eigenvalue weighted by atomic mass is 10.0. The van der Waals surface area contributed by atoms with Crippen LogP contribution in [-0.4, -0.2) is 36.0 Å². The van der Waals surface area contributed by atoms with Gasteiger partial charge in [-0.05, 0) is 55.4 Å². The van der Waals surface area contributed by atoms with Crippen molar-refractivity contribution in [1.82, 2.24) is 0 Å². The molecule has 2 aromatic rings. The highest BCUT2D eigenvalue weighted by molar-refractivity contribution is 5.98. The minimum atomic E-state index is -0.875. The summed E-state index contributed by atoms with van der Waals surface area (Å²) in [5.74, 6) is -1.09. The average molecular weight is 453 g/mol. The molecule has 0 bridgehead atoms. The molecule has 0 aliphatic heterocycles. The van der Waals surface area contributed by atoms with Gasteiger partial charge in [-0.3, -0.25) is 14.4 Å². The van der Waals surface area contributed by atoms with Gasteiger partial charge in [-0.2, -0.15) is 0 Å². The molecule has 33 heavy (non-hydrogen) atoms. The number of hydrogen-bond donors (Lipinski definition) is 1. The smallest absolute Gasteiger partial charge is 0.303 e. The molecule has 0 aliphatic rings. The van der Waals surface area contributed by atoms with Crippen molar-refractivity contribution in [2.45, 2.75) is 66.7 Å². The van der Waals surface area contributed by atoms with Crippen molar-refractivity contribution in [2.24, 2.45) is 0 Å².